The molecule has 1 aromatic heterocycles. The Balaban J connectivity index is 1.39. The molecule has 3 aliphatic rings. The van der Waals surface area contributed by atoms with E-state index in [1.807, 2.05) is 17.2 Å². The van der Waals surface area contributed by atoms with Crippen LogP contribution in [0.3, 0.4) is 0 Å². The van der Waals surface area contributed by atoms with Crippen molar-refractivity contribution in [2.24, 2.45) is 11.7 Å². The summed E-state index contributed by atoms with van der Waals surface area (Å²) in [5.41, 5.74) is 8.74. The van der Waals surface area contributed by atoms with Crippen LogP contribution >= 0.6 is 0 Å². The van der Waals surface area contributed by atoms with Crippen molar-refractivity contribution in [1.29, 1.82) is 0 Å². The molecule has 1 saturated heterocycles. The summed E-state index contributed by atoms with van der Waals surface area (Å²) in [5.74, 6) is 0.861. The van der Waals surface area contributed by atoms with E-state index in [4.69, 9.17) is 5.73 Å². The molecule has 2 atom stereocenters. The van der Waals surface area contributed by atoms with Crippen molar-refractivity contribution in [3.05, 3.63) is 53.7 Å². The summed E-state index contributed by atoms with van der Waals surface area (Å²) in [6.45, 7) is 5.00. The number of nitrogens with two attached hydrogens (primary N) is 1. The van der Waals surface area contributed by atoms with E-state index < -0.39 is 11.6 Å². The summed E-state index contributed by atoms with van der Waals surface area (Å²) in [6, 6.07) is 12.1. The van der Waals surface area contributed by atoms with Gasteiger partial charge in [-0.1, -0.05) is 37.5 Å². The number of hydrogen-bond acceptors (Lipinski definition) is 5. The molecule has 2 unspecified atom stereocenters. The zero-order valence-electron chi connectivity index (χ0n) is 21.6. The van der Waals surface area contributed by atoms with Crippen molar-refractivity contribution >= 4 is 23.3 Å². The van der Waals surface area contributed by atoms with Gasteiger partial charge in [0, 0.05) is 25.0 Å². The van der Waals surface area contributed by atoms with Crippen LogP contribution < -0.4 is 16.0 Å². The number of benzene rings is 1. The highest BCUT2D eigenvalue weighted by Crippen LogP contribution is 2.38. The number of amides is 2. The maximum Gasteiger partial charge on any atom is 0.245 e. The lowest BCUT2D eigenvalue weighted by atomic mass is 9.82. The minimum Gasteiger partial charge on any atom is -0.342 e. The average Bonchev–Trinajstić information content (AvgIpc) is 3.54. The summed E-state index contributed by atoms with van der Waals surface area (Å²) in [5, 5.41) is 3.07. The zero-order valence-corrected chi connectivity index (χ0v) is 21.6. The molecule has 7 heteroatoms. The number of likely N-dealkylation sites (tertiary alicyclic amines) is 1. The lowest BCUT2D eigenvalue weighted by molar-refractivity contribution is -0.140. The second kappa shape index (κ2) is 10.2. The van der Waals surface area contributed by atoms with Gasteiger partial charge in [-0.05, 0) is 81.2 Å². The van der Waals surface area contributed by atoms with Gasteiger partial charge in [-0.25, -0.2) is 4.98 Å². The molecule has 2 fully saturated rings. The average molecular weight is 490 g/mol. The van der Waals surface area contributed by atoms with Gasteiger partial charge in [0.1, 0.15) is 11.9 Å². The Morgan fingerprint density at radius 1 is 1.06 bits per heavy atom. The van der Waals surface area contributed by atoms with Crippen LogP contribution in [0.1, 0.15) is 76.0 Å². The first-order valence-corrected chi connectivity index (χ1v) is 13.5. The number of aromatic nitrogens is 1. The van der Waals surface area contributed by atoms with Crippen LogP contribution in [0.2, 0.25) is 0 Å². The number of rotatable bonds is 6. The largest absolute Gasteiger partial charge is 0.342 e. The molecule has 0 spiro atoms. The third kappa shape index (κ3) is 4.99. The first-order chi connectivity index (χ1) is 17.3. The zero-order chi connectivity index (χ0) is 25.3. The van der Waals surface area contributed by atoms with E-state index in [1.54, 1.807) is 13.8 Å². The fraction of sp³-hybridized carbons (Fsp3) is 0.552. The first kappa shape index (κ1) is 24.8. The highest BCUT2D eigenvalue weighted by Gasteiger charge is 2.40. The van der Waals surface area contributed by atoms with E-state index >= 15 is 0 Å². The van der Waals surface area contributed by atoms with Crippen molar-refractivity contribution in [1.82, 2.24) is 15.2 Å². The number of anilines is 2. The van der Waals surface area contributed by atoms with Gasteiger partial charge in [0.15, 0.2) is 0 Å². The molecule has 2 aliphatic heterocycles. The fourth-order valence-electron chi connectivity index (χ4n) is 6.10. The minimum atomic E-state index is -1.02. The summed E-state index contributed by atoms with van der Waals surface area (Å²) in [4.78, 5) is 35.9. The monoisotopic (exact) mass is 489 g/mol. The number of carbonyl (C=O) groups is 2. The number of nitrogens with zero attached hydrogens (tertiary/aromatic N) is 3. The highest BCUT2D eigenvalue weighted by atomic mass is 16.2. The van der Waals surface area contributed by atoms with Gasteiger partial charge < -0.3 is 20.9 Å². The SMILES string of the molecule is CC(C)(N)C(=O)NC(C(=O)N1CCCC1c1ccnc(N2CCc3ccccc32)c1)C1CCCCC1. The summed E-state index contributed by atoms with van der Waals surface area (Å²) >= 11 is 0. The van der Waals surface area contributed by atoms with E-state index in [-0.39, 0.29) is 23.8 Å². The second-order valence-corrected chi connectivity index (χ2v) is 11.2. The third-order valence-corrected chi connectivity index (χ3v) is 8.11. The molecule has 1 aromatic carbocycles. The van der Waals surface area contributed by atoms with Crippen LogP contribution in [0.5, 0.6) is 0 Å². The molecule has 3 heterocycles. The number of hydrogen-bond donors (Lipinski definition) is 2. The molecule has 7 nitrogen and oxygen atoms in total. The Bertz CT molecular complexity index is 1100. The van der Waals surface area contributed by atoms with E-state index in [1.165, 1.54) is 17.7 Å². The Labute approximate surface area is 214 Å². The molecule has 1 aliphatic carbocycles. The maximum absolute atomic E-state index is 14.0. The number of nitrogens with one attached hydrogen (secondary N) is 1. The summed E-state index contributed by atoms with van der Waals surface area (Å²) < 4.78 is 0. The van der Waals surface area contributed by atoms with Crippen molar-refractivity contribution in [2.45, 2.75) is 82.8 Å². The smallest absolute Gasteiger partial charge is 0.245 e. The van der Waals surface area contributed by atoms with Crippen LogP contribution in [0.4, 0.5) is 11.5 Å². The van der Waals surface area contributed by atoms with Crippen molar-refractivity contribution in [2.75, 3.05) is 18.0 Å². The fourth-order valence-corrected chi connectivity index (χ4v) is 6.10. The quantitative estimate of drug-likeness (QED) is 0.633. The molecule has 3 N–H and O–H groups in total. The van der Waals surface area contributed by atoms with E-state index in [0.717, 1.165) is 62.9 Å². The van der Waals surface area contributed by atoms with Crippen LogP contribution in [0.15, 0.2) is 42.6 Å². The number of pyridine rings is 1. The lowest BCUT2D eigenvalue weighted by Crippen LogP contribution is -2.58. The molecule has 0 bridgehead atoms. The predicted molar refractivity (Wildman–Crippen MR) is 142 cm³/mol. The Kier molecular flexibility index (Phi) is 7.02. The minimum absolute atomic E-state index is 0.00836. The van der Waals surface area contributed by atoms with Gasteiger partial charge in [0.25, 0.3) is 0 Å². The van der Waals surface area contributed by atoms with Gasteiger partial charge in [-0.3, -0.25) is 9.59 Å². The van der Waals surface area contributed by atoms with Crippen molar-refractivity contribution in [3.63, 3.8) is 0 Å². The summed E-state index contributed by atoms with van der Waals surface area (Å²) in [7, 11) is 0. The molecule has 1 saturated carbocycles. The summed E-state index contributed by atoms with van der Waals surface area (Å²) in [6.07, 6.45) is 10.1. The normalized spacial score (nSPS) is 21.4. The molecular weight excluding hydrogens is 450 g/mol. The number of fused-ring (bicyclic) bond motifs is 1. The van der Waals surface area contributed by atoms with E-state index in [2.05, 4.69) is 45.5 Å². The first-order valence-electron chi connectivity index (χ1n) is 13.5. The Morgan fingerprint density at radius 2 is 1.83 bits per heavy atom. The Hall–Kier alpha value is -2.93. The number of carbonyl (C=O) groups excluding carboxylic acids is 2. The Morgan fingerprint density at radius 3 is 2.61 bits per heavy atom. The lowest BCUT2D eigenvalue weighted by Gasteiger charge is -2.36. The predicted octanol–water partition coefficient (Wildman–Crippen LogP) is 4.24. The van der Waals surface area contributed by atoms with Gasteiger partial charge in [-0.2, -0.15) is 0 Å². The topological polar surface area (TPSA) is 91.6 Å². The molecule has 0 radical (unpaired) electrons. The van der Waals surface area contributed by atoms with Crippen LogP contribution in [0, 0.1) is 5.92 Å². The highest BCUT2D eigenvalue weighted by molar-refractivity contribution is 5.92. The van der Waals surface area contributed by atoms with Crippen molar-refractivity contribution in [3.8, 4) is 0 Å². The molecule has 5 rings (SSSR count). The third-order valence-electron chi connectivity index (χ3n) is 8.11. The molecule has 36 heavy (non-hydrogen) atoms. The van der Waals surface area contributed by atoms with Crippen LogP contribution in [-0.4, -0.2) is 46.4 Å². The maximum atomic E-state index is 14.0. The van der Waals surface area contributed by atoms with E-state index in [9.17, 15) is 9.59 Å². The second-order valence-electron chi connectivity index (χ2n) is 11.2. The van der Waals surface area contributed by atoms with Gasteiger partial charge in [0.2, 0.25) is 11.8 Å². The molecule has 192 valence electrons. The standard InChI is InChI=1S/C29H39N5O2/c1-29(2,30)28(36)32-26(21-10-4-3-5-11-21)27(35)34-17-8-13-24(34)22-14-16-31-25(19-22)33-18-15-20-9-6-7-12-23(20)33/h6-7,9,12,14,16,19,21,24,26H,3-5,8,10-11,13,15,17-18,30H2,1-2H3,(H,32,36). The molecular formula is C29H39N5O2. The van der Waals surface area contributed by atoms with Crippen molar-refractivity contribution < 1.29 is 9.59 Å². The van der Waals surface area contributed by atoms with Gasteiger partial charge in [-0.15, -0.1) is 0 Å². The van der Waals surface area contributed by atoms with Gasteiger partial charge >= 0.3 is 0 Å². The van der Waals surface area contributed by atoms with Crippen LogP contribution in [0.25, 0.3) is 0 Å². The van der Waals surface area contributed by atoms with E-state index in [0.29, 0.717) is 6.54 Å². The van der Waals surface area contributed by atoms with Gasteiger partial charge in [0.05, 0.1) is 11.6 Å². The molecule has 2 amide bonds. The number of para-hydroxylation sites is 1. The molecule has 2 aromatic rings. The van der Waals surface area contributed by atoms with Crippen LogP contribution in [-0.2, 0) is 16.0 Å².